The van der Waals surface area contributed by atoms with Crippen LogP contribution in [0.2, 0.25) is 0 Å². The van der Waals surface area contributed by atoms with Crippen LogP contribution in [-0.4, -0.2) is 47.0 Å². The highest BCUT2D eigenvalue weighted by Gasteiger charge is 2.24. The van der Waals surface area contributed by atoms with Crippen LogP contribution in [-0.2, 0) is 0 Å². The molecule has 0 unspecified atom stereocenters. The van der Waals surface area contributed by atoms with Crippen molar-refractivity contribution in [2.75, 3.05) is 31.1 Å². The second kappa shape index (κ2) is 7.23. The molecule has 1 saturated heterocycles. The zero-order valence-electron chi connectivity index (χ0n) is 15.6. The molecule has 0 saturated carbocycles. The van der Waals surface area contributed by atoms with E-state index in [4.69, 9.17) is 9.40 Å². The molecular weight excluding hydrogens is 340 g/mol. The van der Waals surface area contributed by atoms with Gasteiger partial charge in [-0.05, 0) is 32.0 Å². The minimum atomic E-state index is -0.0565. The van der Waals surface area contributed by atoms with Crippen LogP contribution in [0.25, 0.3) is 11.4 Å². The monoisotopic (exact) mass is 362 g/mol. The molecule has 2 aromatic heterocycles. The number of piperazine rings is 1. The van der Waals surface area contributed by atoms with Crippen molar-refractivity contribution < 1.29 is 9.21 Å². The molecule has 1 fully saturated rings. The molecule has 0 atom stereocenters. The Labute approximate surface area is 158 Å². The van der Waals surface area contributed by atoms with Crippen LogP contribution in [0.5, 0.6) is 0 Å². The Morgan fingerprint density at radius 1 is 1.00 bits per heavy atom. The minimum absolute atomic E-state index is 0.0565. The SMILES string of the molecule is Cc1cccc(-c2nc(C)cc(N3CCN(C(=O)c4ccco4)CC3)n2)c1. The van der Waals surface area contributed by atoms with Crippen LogP contribution in [0.3, 0.4) is 0 Å². The zero-order valence-corrected chi connectivity index (χ0v) is 15.6. The summed E-state index contributed by atoms with van der Waals surface area (Å²) < 4.78 is 5.22. The van der Waals surface area contributed by atoms with Gasteiger partial charge in [-0.1, -0.05) is 23.8 Å². The van der Waals surface area contributed by atoms with Gasteiger partial charge >= 0.3 is 0 Å². The molecule has 6 heteroatoms. The largest absolute Gasteiger partial charge is 0.459 e. The Morgan fingerprint density at radius 3 is 2.52 bits per heavy atom. The number of anilines is 1. The van der Waals surface area contributed by atoms with E-state index in [1.807, 2.05) is 30.0 Å². The summed E-state index contributed by atoms with van der Waals surface area (Å²) in [5.41, 5.74) is 3.14. The van der Waals surface area contributed by atoms with E-state index in [-0.39, 0.29) is 5.91 Å². The van der Waals surface area contributed by atoms with Crippen molar-refractivity contribution in [3.8, 4) is 11.4 Å². The number of nitrogens with zero attached hydrogens (tertiary/aromatic N) is 4. The lowest BCUT2D eigenvalue weighted by molar-refractivity contribution is 0.0714. The van der Waals surface area contributed by atoms with Crippen LogP contribution in [0.1, 0.15) is 21.8 Å². The third-order valence-corrected chi connectivity index (χ3v) is 4.74. The lowest BCUT2D eigenvalue weighted by Gasteiger charge is -2.35. The molecule has 0 aliphatic carbocycles. The van der Waals surface area contributed by atoms with Gasteiger partial charge in [-0.2, -0.15) is 0 Å². The van der Waals surface area contributed by atoms with E-state index in [9.17, 15) is 4.79 Å². The van der Waals surface area contributed by atoms with Gasteiger partial charge in [0, 0.05) is 43.5 Å². The Bertz CT molecular complexity index is 945. The first-order valence-electron chi connectivity index (χ1n) is 9.10. The van der Waals surface area contributed by atoms with Crippen LogP contribution in [0.4, 0.5) is 5.82 Å². The molecule has 1 aliphatic heterocycles. The molecule has 1 aliphatic rings. The number of rotatable bonds is 3. The van der Waals surface area contributed by atoms with Crippen molar-refractivity contribution in [1.82, 2.24) is 14.9 Å². The van der Waals surface area contributed by atoms with Crippen molar-refractivity contribution in [3.05, 3.63) is 65.7 Å². The number of hydrogen-bond donors (Lipinski definition) is 0. The molecule has 0 spiro atoms. The van der Waals surface area contributed by atoms with Gasteiger partial charge in [0.05, 0.1) is 6.26 Å². The summed E-state index contributed by atoms with van der Waals surface area (Å²) in [6.45, 7) is 6.80. The zero-order chi connectivity index (χ0) is 18.8. The number of furan rings is 1. The number of carbonyl (C=O) groups excluding carboxylic acids is 1. The Hall–Kier alpha value is -3.15. The third-order valence-electron chi connectivity index (χ3n) is 4.74. The fraction of sp³-hybridized carbons (Fsp3) is 0.286. The Balaban J connectivity index is 1.51. The number of carbonyl (C=O) groups is 1. The van der Waals surface area contributed by atoms with Gasteiger partial charge in [0.15, 0.2) is 11.6 Å². The van der Waals surface area contributed by atoms with Gasteiger partial charge < -0.3 is 14.2 Å². The maximum Gasteiger partial charge on any atom is 0.289 e. The summed E-state index contributed by atoms with van der Waals surface area (Å²) in [6, 6.07) is 13.7. The fourth-order valence-electron chi connectivity index (χ4n) is 3.32. The van der Waals surface area contributed by atoms with Gasteiger partial charge in [0.2, 0.25) is 0 Å². The topological polar surface area (TPSA) is 62.5 Å². The average molecular weight is 362 g/mol. The first-order chi connectivity index (χ1) is 13.1. The van der Waals surface area contributed by atoms with E-state index in [0.29, 0.717) is 18.8 Å². The maximum absolute atomic E-state index is 12.4. The predicted octanol–water partition coefficient (Wildman–Crippen LogP) is 3.32. The van der Waals surface area contributed by atoms with Gasteiger partial charge in [-0.3, -0.25) is 4.79 Å². The summed E-state index contributed by atoms with van der Waals surface area (Å²) >= 11 is 0. The van der Waals surface area contributed by atoms with Gasteiger partial charge in [0.1, 0.15) is 5.82 Å². The van der Waals surface area contributed by atoms with Gasteiger partial charge in [-0.25, -0.2) is 9.97 Å². The highest BCUT2D eigenvalue weighted by atomic mass is 16.3. The molecule has 3 aromatic rings. The molecule has 4 rings (SSSR count). The molecule has 1 aromatic carbocycles. The summed E-state index contributed by atoms with van der Waals surface area (Å²) in [5.74, 6) is 1.98. The molecule has 27 heavy (non-hydrogen) atoms. The molecule has 1 amide bonds. The van der Waals surface area contributed by atoms with Crippen molar-refractivity contribution in [2.45, 2.75) is 13.8 Å². The summed E-state index contributed by atoms with van der Waals surface area (Å²) in [6.07, 6.45) is 1.53. The number of amides is 1. The Kier molecular flexibility index (Phi) is 4.62. The third kappa shape index (κ3) is 3.69. The molecule has 6 nitrogen and oxygen atoms in total. The number of aromatic nitrogens is 2. The molecular formula is C21H22N4O2. The lowest BCUT2D eigenvalue weighted by Crippen LogP contribution is -2.49. The highest BCUT2D eigenvalue weighted by Crippen LogP contribution is 2.22. The van der Waals surface area contributed by atoms with Crippen LogP contribution in [0, 0.1) is 13.8 Å². The van der Waals surface area contributed by atoms with Crippen molar-refractivity contribution >= 4 is 11.7 Å². The first kappa shape index (κ1) is 17.3. The number of benzene rings is 1. The fourth-order valence-corrected chi connectivity index (χ4v) is 3.32. The predicted molar refractivity (Wildman–Crippen MR) is 104 cm³/mol. The molecule has 0 N–H and O–H groups in total. The highest BCUT2D eigenvalue weighted by molar-refractivity contribution is 5.91. The van der Waals surface area contributed by atoms with E-state index < -0.39 is 0 Å². The molecule has 0 radical (unpaired) electrons. The second-order valence-corrected chi connectivity index (χ2v) is 6.82. The summed E-state index contributed by atoms with van der Waals surface area (Å²) in [5, 5.41) is 0. The van der Waals surface area contributed by atoms with E-state index >= 15 is 0 Å². The van der Waals surface area contributed by atoms with Crippen molar-refractivity contribution in [3.63, 3.8) is 0 Å². The maximum atomic E-state index is 12.4. The number of aryl methyl sites for hydroxylation is 2. The van der Waals surface area contributed by atoms with E-state index in [1.54, 1.807) is 12.1 Å². The standard InChI is InChI=1S/C21H22N4O2/c1-15-5-3-6-17(13-15)20-22-16(2)14-19(23-20)24-8-10-25(11-9-24)21(26)18-7-4-12-27-18/h3-7,12-14H,8-11H2,1-2H3. The Morgan fingerprint density at radius 2 is 1.81 bits per heavy atom. The lowest BCUT2D eigenvalue weighted by atomic mass is 10.1. The normalized spacial score (nSPS) is 14.4. The smallest absolute Gasteiger partial charge is 0.289 e. The van der Waals surface area contributed by atoms with Gasteiger partial charge in [-0.15, -0.1) is 0 Å². The summed E-state index contributed by atoms with van der Waals surface area (Å²) in [7, 11) is 0. The summed E-state index contributed by atoms with van der Waals surface area (Å²) in [4.78, 5) is 25.8. The van der Waals surface area contributed by atoms with Crippen LogP contribution >= 0.6 is 0 Å². The van der Waals surface area contributed by atoms with E-state index in [2.05, 4.69) is 28.9 Å². The first-order valence-corrected chi connectivity index (χ1v) is 9.10. The minimum Gasteiger partial charge on any atom is -0.459 e. The van der Waals surface area contributed by atoms with Gasteiger partial charge in [0.25, 0.3) is 5.91 Å². The van der Waals surface area contributed by atoms with E-state index in [1.165, 1.54) is 11.8 Å². The van der Waals surface area contributed by atoms with Crippen LogP contribution in [0.15, 0.2) is 53.1 Å². The number of hydrogen-bond acceptors (Lipinski definition) is 5. The average Bonchev–Trinajstić information content (AvgIpc) is 3.22. The van der Waals surface area contributed by atoms with Crippen molar-refractivity contribution in [1.29, 1.82) is 0 Å². The van der Waals surface area contributed by atoms with Crippen molar-refractivity contribution in [2.24, 2.45) is 0 Å². The molecule has 0 bridgehead atoms. The van der Waals surface area contributed by atoms with Crippen LogP contribution < -0.4 is 4.90 Å². The quantitative estimate of drug-likeness (QED) is 0.715. The second-order valence-electron chi connectivity index (χ2n) is 6.82. The molecule has 3 heterocycles. The van der Waals surface area contributed by atoms with E-state index in [0.717, 1.165) is 36.0 Å². The molecule has 138 valence electrons.